The molecule has 0 aliphatic carbocycles. The van der Waals surface area contributed by atoms with Gasteiger partial charge in [0, 0.05) is 79.0 Å². The SMILES string of the molecule is CC.CC.CCCCCCCCCCCCNCCN(CCCCCCCCCCCC)CCN1CCN(CCNCCCCCCCCCCCC(=O)OC)CC1.CO.O. The fraction of sp³-hybridized carbons (Fsp3) is 0.981. The van der Waals surface area contributed by atoms with Crippen molar-refractivity contribution in [3.8, 4) is 0 Å². The Morgan fingerprint density at radius 1 is 0.459 bits per heavy atom. The van der Waals surface area contributed by atoms with Crippen LogP contribution in [0, 0.1) is 0 Å². The van der Waals surface area contributed by atoms with Gasteiger partial charge in [-0.25, -0.2) is 0 Å². The largest absolute Gasteiger partial charge is 0.469 e. The van der Waals surface area contributed by atoms with Crippen LogP contribution in [0.5, 0.6) is 0 Å². The van der Waals surface area contributed by atoms with Crippen LogP contribution in [-0.4, -0.2) is 131 Å². The molecule has 0 aromatic rings. The van der Waals surface area contributed by atoms with E-state index in [1.807, 2.05) is 27.7 Å². The fourth-order valence-corrected chi connectivity index (χ4v) is 8.00. The number of esters is 1. The van der Waals surface area contributed by atoms with E-state index in [1.165, 1.54) is 246 Å². The quantitative estimate of drug-likeness (QED) is 0.0410. The highest BCUT2D eigenvalue weighted by Crippen LogP contribution is 2.13. The van der Waals surface area contributed by atoms with Gasteiger partial charge in [0.25, 0.3) is 0 Å². The number of hydrogen-bond acceptors (Lipinski definition) is 8. The second-order valence-electron chi connectivity index (χ2n) is 16.9. The van der Waals surface area contributed by atoms with Crippen molar-refractivity contribution < 1.29 is 20.1 Å². The highest BCUT2D eigenvalue weighted by molar-refractivity contribution is 5.68. The van der Waals surface area contributed by atoms with E-state index in [-0.39, 0.29) is 11.4 Å². The number of hydrogen-bond donors (Lipinski definition) is 3. The number of methoxy groups -OCH3 is 1. The van der Waals surface area contributed by atoms with E-state index in [2.05, 4.69) is 39.2 Å². The van der Waals surface area contributed by atoms with Crippen LogP contribution in [0.2, 0.25) is 0 Å². The van der Waals surface area contributed by atoms with Crippen LogP contribution in [0.4, 0.5) is 0 Å². The van der Waals surface area contributed by atoms with Crippen molar-refractivity contribution in [1.29, 1.82) is 0 Å². The number of piperazine rings is 1. The average Bonchev–Trinajstić information content (AvgIpc) is 3.29. The number of nitrogens with zero attached hydrogens (tertiary/aromatic N) is 3. The molecule has 372 valence electrons. The number of aliphatic hydroxyl groups excluding tert-OH is 1. The summed E-state index contributed by atoms with van der Waals surface area (Å²) >= 11 is 0. The number of carbonyl (C=O) groups is 1. The maximum atomic E-state index is 11.2. The van der Waals surface area contributed by atoms with Gasteiger partial charge in [-0.2, -0.15) is 0 Å². The van der Waals surface area contributed by atoms with Crippen molar-refractivity contribution in [2.75, 3.05) is 99.3 Å². The van der Waals surface area contributed by atoms with Crippen LogP contribution in [0.15, 0.2) is 0 Å². The Bertz CT molecular complexity index is 757. The molecule has 0 aromatic heterocycles. The predicted octanol–water partition coefficient (Wildman–Crippen LogP) is 11.8. The van der Waals surface area contributed by atoms with E-state index in [9.17, 15) is 4.79 Å². The molecule has 0 unspecified atom stereocenters. The number of aliphatic hydroxyl groups is 1. The van der Waals surface area contributed by atoms with Gasteiger partial charge in [-0.1, -0.05) is 202 Å². The Kier molecular flexibility index (Phi) is 67.1. The van der Waals surface area contributed by atoms with Crippen LogP contribution in [0.3, 0.4) is 0 Å². The van der Waals surface area contributed by atoms with Gasteiger partial charge in [0.05, 0.1) is 7.11 Å². The second-order valence-corrected chi connectivity index (χ2v) is 16.9. The third kappa shape index (κ3) is 53.4. The van der Waals surface area contributed by atoms with Gasteiger partial charge in [-0.3, -0.25) is 14.6 Å². The standard InChI is InChI=1S/C47H97N5O2.2C2H6.CH4O.H2O/c1-4-6-8-10-12-14-18-22-26-30-34-48-36-39-50(38-32-28-24-20-15-13-11-9-7-5-2)41-44-52-45-42-51(43-46-52)40-37-49-35-31-27-23-19-16-17-21-25-29-33-47(53)54-3;3*1-2;/h48-49H,4-46H2,1-3H3;2*1-2H3;2H,1H3;1H2. The van der Waals surface area contributed by atoms with Crippen molar-refractivity contribution in [3.63, 3.8) is 0 Å². The molecule has 0 atom stereocenters. The highest BCUT2D eigenvalue weighted by Gasteiger charge is 2.17. The van der Waals surface area contributed by atoms with E-state index in [4.69, 9.17) is 9.84 Å². The van der Waals surface area contributed by atoms with Gasteiger partial charge in [-0.15, -0.1) is 0 Å². The summed E-state index contributed by atoms with van der Waals surface area (Å²) in [7, 11) is 2.48. The maximum absolute atomic E-state index is 11.2. The summed E-state index contributed by atoms with van der Waals surface area (Å²) in [6, 6.07) is 0. The Balaban J connectivity index is -0.00000221. The van der Waals surface area contributed by atoms with Gasteiger partial charge in [0.1, 0.15) is 0 Å². The van der Waals surface area contributed by atoms with Gasteiger partial charge in [0.2, 0.25) is 0 Å². The fourth-order valence-electron chi connectivity index (χ4n) is 8.00. The molecular weight excluding hydrogens is 759 g/mol. The highest BCUT2D eigenvalue weighted by atomic mass is 16.5. The summed E-state index contributed by atoms with van der Waals surface area (Å²) in [6.07, 6.45) is 40.4. The molecule has 0 radical (unpaired) electrons. The first-order chi connectivity index (χ1) is 29.7. The van der Waals surface area contributed by atoms with Crippen LogP contribution in [0.1, 0.15) is 234 Å². The monoisotopic (exact) mass is 874 g/mol. The minimum absolute atomic E-state index is 0. The van der Waals surface area contributed by atoms with Gasteiger partial charge >= 0.3 is 5.97 Å². The van der Waals surface area contributed by atoms with Gasteiger partial charge < -0.3 is 30.9 Å². The van der Waals surface area contributed by atoms with Crippen molar-refractivity contribution >= 4 is 5.97 Å². The lowest BCUT2D eigenvalue weighted by atomic mass is 10.1. The molecule has 9 nitrogen and oxygen atoms in total. The van der Waals surface area contributed by atoms with Crippen LogP contribution < -0.4 is 10.6 Å². The molecule has 1 aliphatic heterocycles. The second kappa shape index (κ2) is 61.3. The summed E-state index contributed by atoms with van der Waals surface area (Å²) in [5.74, 6) is -0.0680. The molecule has 1 fully saturated rings. The summed E-state index contributed by atoms with van der Waals surface area (Å²) < 4.78 is 4.71. The van der Waals surface area contributed by atoms with Crippen molar-refractivity contribution in [2.24, 2.45) is 0 Å². The van der Waals surface area contributed by atoms with Crippen LogP contribution in [0.25, 0.3) is 0 Å². The Hall–Kier alpha value is -0.810. The Morgan fingerprint density at radius 2 is 0.803 bits per heavy atom. The molecule has 1 saturated heterocycles. The summed E-state index contributed by atoms with van der Waals surface area (Å²) in [6.45, 7) is 28.3. The minimum atomic E-state index is -0.0680. The topological polar surface area (TPSA) is 112 Å². The zero-order valence-corrected chi connectivity index (χ0v) is 43.0. The van der Waals surface area contributed by atoms with Crippen molar-refractivity contribution in [3.05, 3.63) is 0 Å². The van der Waals surface area contributed by atoms with Gasteiger partial charge in [-0.05, 0) is 45.3 Å². The molecule has 1 aliphatic rings. The zero-order valence-electron chi connectivity index (χ0n) is 43.0. The number of carbonyl (C=O) groups excluding carboxylic acids is 1. The molecule has 5 N–H and O–H groups in total. The zero-order chi connectivity index (χ0) is 44.8. The van der Waals surface area contributed by atoms with Crippen LogP contribution >= 0.6 is 0 Å². The first-order valence-electron chi connectivity index (χ1n) is 26.8. The minimum Gasteiger partial charge on any atom is -0.469 e. The lowest BCUT2D eigenvalue weighted by molar-refractivity contribution is -0.140. The lowest BCUT2D eigenvalue weighted by Gasteiger charge is -2.36. The van der Waals surface area contributed by atoms with Gasteiger partial charge in [0.15, 0.2) is 0 Å². The van der Waals surface area contributed by atoms with E-state index < -0.39 is 0 Å². The third-order valence-electron chi connectivity index (χ3n) is 11.9. The van der Waals surface area contributed by atoms with Crippen molar-refractivity contribution in [1.82, 2.24) is 25.3 Å². The summed E-state index contributed by atoms with van der Waals surface area (Å²) in [4.78, 5) is 19.3. The smallest absolute Gasteiger partial charge is 0.305 e. The van der Waals surface area contributed by atoms with Crippen molar-refractivity contribution in [2.45, 2.75) is 234 Å². The lowest BCUT2D eigenvalue weighted by Crippen LogP contribution is -2.50. The molecule has 0 spiro atoms. The Morgan fingerprint density at radius 3 is 1.21 bits per heavy atom. The average molecular weight is 875 g/mol. The normalized spacial score (nSPS) is 12.8. The number of nitrogens with one attached hydrogen (secondary N) is 2. The summed E-state index contributed by atoms with van der Waals surface area (Å²) in [5, 5.41) is 14.5. The van der Waals surface area contributed by atoms with E-state index in [0.29, 0.717) is 6.42 Å². The van der Waals surface area contributed by atoms with E-state index in [0.717, 1.165) is 39.6 Å². The Labute approximate surface area is 383 Å². The number of rotatable bonds is 43. The molecule has 9 heteroatoms. The molecule has 0 saturated carbocycles. The molecule has 0 amide bonds. The first-order valence-corrected chi connectivity index (χ1v) is 26.8. The summed E-state index contributed by atoms with van der Waals surface area (Å²) in [5.41, 5.74) is 0. The molecule has 0 bridgehead atoms. The number of unbranched alkanes of at least 4 members (excludes halogenated alkanes) is 26. The molecule has 0 aromatic carbocycles. The maximum Gasteiger partial charge on any atom is 0.305 e. The third-order valence-corrected chi connectivity index (χ3v) is 11.9. The van der Waals surface area contributed by atoms with E-state index >= 15 is 0 Å². The first kappa shape index (κ1) is 66.8. The molecule has 1 heterocycles. The molecule has 61 heavy (non-hydrogen) atoms. The molecule has 1 rings (SSSR count). The molecular formula is C52H115N5O4. The van der Waals surface area contributed by atoms with Crippen LogP contribution in [-0.2, 0) is 9.53 Å². The number of ether oxygens (including phenoxy) is 1. The predicted molar refractivity (Wildman–Crippen MR) is 271 cm³/mol. The van der Waals surface area contributed by atoms with E-state index in [1.54, 1.807) is 0 Å².